The summed E-state index contributed by atoms with van der Waals surface area (Å²) in [4.78, 5) is 21.3. The van der Waals surface area contributed by atoms with Crippen LogP contribution in [0.2, 0.25) is 0 Å². The van der Waals surface area contributed by atoms with Crippen molar-refractivity contribution in [3.8, 4) is 0 Å². The maximum absolute atomic E-state index is 10.9. The molecule has 0 aromatic rings. The van der Waals surface area contributed by atoms with Crippen molar-refractivity contribution in [3.63, 3.8) is 0 Å². The van der Waals surface area contributed by atoms with Gasteiger partial charge in [-0.15, -0.1) is 0 Å². The minimum Gasteiger partial charge on any atom is -0.481 e. The summed E-state index contributed by atoms with van der Waals surface area (Å²) in [6.45, 7) is 3.80. The number of rotatable bonds is 5. The molecular formula is C9H16O4. The van der Waals surface area contributed by atoms with Crippen molar-refractivity contribution in [2.45, 2.75) is 26.7 Å². The second-order valence-electron chi connectivity index (χ2n) is 3.38. The van der Waals surface area contributed by atoms with Gasteiger partial charge in [-0.25, -0.2) is 0 Å². The Balaban J connectivity index is 4.09. The SMILES string of the molecule is COC(=O)CC(CC(=O)O)C(C)C. The highest BCUT2D eigenvalue weighted by molar-refractivity contribution is 5.72. The molecule has 0 saturated heterocycles. The van der Waals surface area contributed by atoms with Crippen molar-refractivity contribution in [2.24, 2.45) is 11.8 Å². The lowest BCUT2D eigenvalue weighted by Gasteiger charge is -2.16. The molecule has 1 atom stereocenters. The Kier molecular flexibility index (Phi) is 5.11. The van der Waals surface area contributed by atoms with Gasteiger partial charge in [0.05, 0.1) is 7.11 Å². The summed E-state index contributed by atoms with van der Waals surface area (Å²) in [5, 5.41) is 8.57. The zero-order valence-corrected chi connectivity index (χ0v) is 8.24. The molecule has 0 aliphatic carbocycles. The van der Waals surface area contributed by atoms with Crippen LogP contribution >= 0.6 is 0 Å². The average Bonchev–Trinajstić information content (AvgIpc) is 2.02. The van der Waals surface area contributed by atoms with Gasteiger partial charge in [0.25, 0.3) is 0 Å². The summed E-state index contributed by atoms with van der Waals surface area (Å²) < 4.78 is 4.48. The van der Waals surface area contributed by atoms with Crippen LogP contribution in [0.15, 0.2) is 0 Å². The first kappa shape index (κ1) is 11.9. The second kappa shape index (κ2) is 5.56. The third-order valence-corrected chi connectivity index (χ3v) is 2.04. The van der Waals surface area contributed by atoms with Crippen LogP contribution in [0, 0.1) is 11.8 Å². The number of carboxylic acids is 1. The van der Waals surface area contributed by atoms with E-state index in [-0.39, 0.29) is 30.6 Å². The molecule has 4 heteroatoms. The first-order valence-corrected chi connectivity index (χ1v) is 4.26. The van der Waals surface area contributed by atoms with Gasteiger partial charge in [0.2, 0.25) is 0 Å². The summed E-state index contributed by atoms with van der Waals surface area (Å²) in [5.74, 6) is -1.18. The zero-order chi connectivity index (χ0) is 10.4. The van der Waals surface area contributed by atoms with Gasteiger partial charge in [0.15, 0.2) is 0 Å². The Morgan fingerprint density at radius 2 is 1.85 bits per heavy atom. The quantitative estimate of drug-likeness (QED) is 0.660. The van der Waals surface area contributed by atoms with Crippen molar-refractivity contribution in [3.05, 3.63) is 0 Å². The van der Waals surface area contributed by atoms with Gasteiger partial charge in [0.1, 0.15) is 0 Å². The standard InChI is InChI=1S/C9H16O4/c1-6(2)7(4-8(10)11)5-9(12)13-3/h6-7H,4-5H2,1-3H3,(H,10,11). The van der Waals surface area contributed by atoms with Crippen LogP contribution in [0.3, 0.4) is 0 Å². The van der Waals surface area contributed by atoms with Gasteiger partial charge in [-0.05, 0) is 11.8 Å². The van der Waals surface area contributed by atoms with Crippen molar-refractivity contribution in [1.82, 2.24) is 0 Å². The molecule has 0 amide bonds. The molecule has 0 aliphatic rings. The van der Waals surface area contributed by atoms with E-state index in [0.717, 1.165) is 0 Å². The molecule has 76 valence electrons. The third kappa shape index (κ3) is 5.22. The second-order valence-corrected chi connectivity index (χ2v) is 3.38. The van der Waals surface area contributed by atoms with Crippen LogP contribution < -0.4 is 0 Å². The fourth-order valence-corrected chi connectivity index (χ4v) is 1.07. The molecular weight excluding hydrogens is 172 g/mol. The smallest absolute Gasteiger partial charge is 0.305 e. The maximum atomic E-state index is 10.9. The van der Waals surface area contributed by atoms with Crippen LogP contribution in [-0.4, -0.2) is 24.2 Å². The van der Waals surface area contributed by atoms with E-state index in [1.165, 1.54) is 7.11 Å². The topological polar surface area (TPSA) is 63.6 Å². The van der Waals surface area contributed by atoms with Gasteiger partial charge >= 0.3 is 11.9 Å². The molecule has 0 saturated carbocycles. The third-order valence-electron chi connectivity index (χ3n) is 2.04. The summed E-state index contributed by atoms with van der Waals surface area (Å²) in [5.41, 5.74) is 0. The van der Waals surface area contributed by atoms with E-state index in [0.29, 0.717) is 0 Å². The summed E-state index contributed by atoms with van der Waals surface area (Å²) in [6.07, 6.45) is 0.202. The van der Waals surface area contributed by atoms with Crippen molar-refractivity contribution < 1.29 is 19.4 Å². The molecule has 0 radical (unpaired) electrons. The lowest BCUT2D eigenvalue weighted by atomic mass is 9.89. The van der Waals surface area contributed by atoms with Gasteiger partial charge in [-0.2, -0.15) is 0 Å². The number of carboxylic acid groups (broad SMARTS) is 1. The molecule has 0 aromatic carbocycles. The fraction of sp³-hybridized carbons (Fsp3) is 0.778. The fourth-order valence-electron chi connectivity index (χ4n) is 1.07. The minimum atomic E-state index is -0.873. The predicted octanol–water partition coefficient (Wildman–Crippen LogP) is 1.30. The number of hydrogen-bond acceptors (Lipinski definition) is 3. The summed E-state index contributed by atoms with van der Waals surface area (Å²) in [6, 6.07) is 0. The van der Waals surface area contributed by atoms with E-state index >= 15 is 0 Å². The summed E-state index contributed by atoms with van der Waals surface area (Å²) in [7, 11) is 1.31. The first-order valence-electron chi connectivity index (χ1n) is 4.26. The number of carbonyl (C=O) groups excluding carboxylic acids is 1. The number of aliphatic carboxylic acids is 1. The van der Waals surface area contributed by atoms with E-state index < -0.39 is 5.97 Å². The molecule has 13 heavy (non-hydrogen) atoms. The highest BCUT2D eigenvalue weighted by Gasteiger charge is 2.20. The van der Waals surface area contributed by atoms with E-state index in [9.17, 15) is 9.59 Å². The predicted molar refractivity (Wildman–Crippen MR) is 47.2 cm³/mol. The number of hydrogen-bond donors (Lipinski definition) is 1. The van der Waals surface area contributed by atoms with Gasteiger partial charge in [-0.1, -0.05) is 13.8 Å². The van der Waals surface area contributed by atoms with Gasteiger partial charge < -0.3 is 9.84 Å². The Hall–Kier alpha value is -1.06. The highest BCUT2D eigenvalue weighted by atomic mass is 16.5. The zero-order valence-electron chi connectivity index (χ0n) is 8.24. The molecule has 1 N–H and O–H groups in total. The molecule has 0 aliphatic heterocycles. The number of esters is 1. The number of methoxy groups -OCH3 is 1. The van der Waals surface area contributed by atoms with Crippen molar-refractivity contribution >= 4 is 11.9 Å². The molecule has 0 bridgehead atoms. The molecule has 0 heterocycles. The molecule has 0 spiro atoms. The highest BCUT2D eigenvalue weighted by Crippen LogP contribution is 2.19. The molecule has 0 fully saturated rings. The van der Waals surface area contributed by atoms with Gasteiger partial charge in [-0.3, -0.25) is 9.59 Å². The average molecular weight is 188 g/mol. The van der Waals surface area contributed by atoms with Crippen LogP contribution in [0.5, 0.6) is 0 Å². The van der Waals surface area contributed by atoms with Crippen LogP contribution in [0.25, 0.3) is 0 Å². The van der Waals surface area contributed by atoms with Crippen molar-refractivity contribution in [2.75, 3.05) is 7.11 Å². The van der Waals surface area contributed by atoms with Crippen molar-refractivity contribution in [1.29, 1.82) is 0 Å². The Morgan fingerprint density at radius 1 is 1.31 bits per heavy atom. The Morgan fingerprint density at radius 3 is 2.15 bits per heavy atom. The lowest BCUT2D eigenvalue weighted by molar-refractivity contribution is -0.143. The molecule has 0 aromatic heterocycles. The summed E-state index contributed by atoms with van der Waals surface area (Å²) >= 11 is 0. The lowest BCUT2D eigenvalue weighted by Crippen LogP contribution is -2.18. The Bertz CT molecular complexity index is 186. The van der Waals surface area contributed by atoms with Gasteiger partial charge in [0, 0.05) is 12.8 Å². The number of carbonyl (C=O) groups is 2. The maximum Gasteiger partial charge on any atom is 0.305 e. The minimum absolute atomic E-state index is 0.0206. The van der Waals surface area contributed by atoms with Crippen LogP contribution in [0.1, 0.15) is 26.7 Å². The number of ether oxygens (including phenoxy) is 1. The molecule has 4 nitrogen and oxygen atoms in total. The largest absolute Gasteiger partial charge is 0.481 e. The Labute approximate surface area is 77.9 Å². The first-order chi connectivity index (χ1) is 5.97. The monoisotopic (exact) mass is 188 g/mol. The van der Waals surface area contributed by atoms with E-state index in [1.54, 1.807) is 0 Å². The van der Waals surface area contributed by atoms with Crippen LogP contribution in [-0.2, 0) is 14.3 Å². The van der Waals surface area contributed by atoms with E-state index in [2.05, 4.69) is 4.74 Å². The normalized spacial score (nSPS) is 12.6. The molecule has 0 rings (SSSR count). The van der Waals surface area contributed by atoms with Crippen LogP contribution in [0.4, 0.5) is 0 Å². The van der Waals surface area contributed by atoms with E-state index in [4.69, 9.17) is 5.11 Å². The molecule has 1 unspecified atom stereocenters. The van der Waals surface area contributed by atoms with E-state index in [1.807, 2.05) is 13.8 Å².